The molecule has 0 saturated carbocycles. The molecule has 1 amide bonds. The fourth-order valence-electron chi connectivity index (χ4n) is 1.85. The van der Waals surface area contributed by atoms with Crippen LogP contribution in [0, 0.1) is 0 Å². The number of nitrogens with zero attached hydrogens (tertiary/aromatic N) is 1. The molecule has 0 heterocycles. The van der Waals surface area contributed by atoms with E-state index in [1.54, 1.807) is 0 Å². The number of hydrogen-bond donors (Lipinski definition) is 2. The molecular formula is C12H24N2O3. The van der Waals surface area contributed by atoms with E-state index in [4.69, 9.17) is 5.11 Å². The standard InChI is InChI=1S/C12H24N2O3/c1-4-14(5-2)11(12(16)17)8-6-7-9-13-10(3)15/h11H,4-9H2,1-3H3,(H,13,15)(H,16,17). The van der Waals surface area contributed by atoms with Gasteiger partial charge in [0.25, 0.3) is 0 Å². The molecule has 2 N–H and O–H groups in total. The van der Waals surface area contributed by atoms with E-state index in [9.17, 15) is 9.59 Å². The number of carbonyl (C=O) groups is 2. The lowest BCUT2D eigenvalue weighted by molar-refractivity contribution is -0.143. The Morgan fingerprint density at radius 1 is 1.24 bits per heavy atom. The van der Waals surface area contributed by atoms with Crippen LogP contribution in [-0.4, -0.2) is 47.6 Å². The first kappa shape index (κ1) is 15.9. The molecule has 0 aliphatic carbocycles. The third-order valence-electron chi connectivity index (χ3n) is 2.82. The summed E-state index contributed by atoms with van der Waals surface area (Å²) in [6, 6.07) is -0.401. The van der Waals surface area contributed by atoms with Crippen LogP contribution in [0.15, 0.2) is 0 Å². The van der Waals surface area contributed by atoms with Crippen LogP contribution in [0.1, 0.15) is 40.0 Å². The van der Waals surface area contributed by atoms with Crippen molar-refractivity contribution in [2.45, 2.75) is 46.1 Å². The summed E-state index contributed by atoms with van der Waals surface area (Å²) in [5.74, 6) is -0.795. The summed E-state index contributed by atoms with van der Waals surface area (Å²) in [5.41, 5.74) is 0. The van der Waals surface area contributed by atoms with E-state index in [1.165, 1.54) is 6.92 Å². The molecule has 0 spiro atoms. The molecule has 1 unspecified atom stereocenters. The first-order valence-electron chi connectivity index (χ1n) is 6.24. The normalized spacial score (nSPS) is 12.5. The van der Waals surface area contributed by atoms with Crippen LogP contribution in [0.5, 0.6) is 0 Å². The van der Waals surface area contributed by atoms with Crippen molar-refractivity contribution >= 4 is 11.9 Å². The van der Waals surface area contributed by atoms with Gasteiger partial charge in [-0.3, -0.25) is 14.5 Å². The second kappa shape index (κ2) is 8.98. The Kier molecular flexibility index (Phi) is 8.40. The summed E-state index contributed by atoms with van der Waals surface area (Å²) in [6.45, 7) is 7.54. The molecule has 1 atom stereocenters. The number of hydrogen-bond acceptors (Lipinski definition) is 3. The fourth-order valence-corrected chi connectivity index (χ4v) is 1.85. The molecule has 0 fully saturated rings. The average molecular weight is 244 g/mol. The maximum absolute atomic E-state index is 11.1. The van der Waals surface area contributed by atoms with Crippen LogP contribution in [0.25, 0.3) is 0 Å². The number of rotatable bonds is 9. The predicted octanol–water partition coefficient (Wildman–Crippen LogP) is 1.09. The van der Waals surface area contributed by atoms with Crippen molar-refractivity contribution in [3.63, 3.8) is 0 Å². The number of carboxylic acid groups (broad SMARTS) is 1. The van der Waals surface area contributed by atoms with Crippen molar-refractivity contribution in [3.05, 3.63) is 0 Å². The highest BCUT2D eigenvalue weighted by Crippen LogP contribution is 2.08. The Morgan fingerprint density at radius 3 is 2.24 bits per heavy atom. The highest BCUT2D eigenvalue weighted by molar-refractivity contribution is 5.73. The van der Waals surface area contributed by atoms with Crippen molar-refractivity contribution in [1.29, 1.82) is 0 Å². The molecule has 0 radical (unpaired) electrons. The minimum atomic E-state index is -0.756. The van der Waals surface area contributed by atoms with Crippen LogP contribution in [0.3, 0.4) is 0 Å². The number of carbonyl (C=O) groups excluding carboxylic acids is 1. The highest BCUT2D eigenvalue weighted by Gasteiger charge is 2.22. The molecule has 0 aromatic rings. The minimum Gasteiger partial charge on any atom is -0.480 e. The van der Waals surface area contributed by atoms with E-state index in [0.717, 1.165) is 25.9 Å². The summed E-state index contributed by atoms with van der Waals surface area (Å²) in [5, 5.41) is 11.8. The van der Waals surface area contributed by atoms with E-state index in [2.05, 4.69) is 5.32 Å². The smallest absolute Gasteiger partial charge is 0.320 e. The van der Waals surface area contributed by atoms with Crippen molar-refractivity contribution in [2.24, 2.45) is 0 Å². The Balaban J connectivity index is 3.93. The Hall–Kier alpha value is -1.10. The van der Waals surface area contributed by atoms with Crippen LogP contribution in [0.4, 0.5) is 0 Å². The quantitative estimate of drug-likeness (QED) is 0.596. The molecular weight excluding hydrogens is 220 g/mol. The van der Waals surface area contributed by atoms with Crippen molar-refractivity contribution < 1.29 is 14.7 Å². The molecule has 5 heteroatoms. The molecule has 100 valence electrons. The third kappa shape index (κ3) is 6.94. The van der Waals surface area contributed by atoms with Crippen molar-refractivity contribution in [2.75, 3.05) is 19.6 Å². The number of carboxylic acids is 1. The summed E-state index contributed by atoms with van der Waals surface area (Å²) in [4.78, 5) is 23.7. The van der Waals surface area contributed by atoms with Gasteiger partial charge in [0.05, 0.1) is 0 Å². The average Bonchev–Trinajstić information content (AvgIpc) is 2.26. The Bertz CT molecular complexity index is 240. The van der Waals surface area contributed by atoms with E-state index in [1.807, 2.05) is 18.7 Å². The molecule has 0 aromatic carbocycles. The van der Waals surface area contributed by atoms with Gasteiger partial charge in [-0.15, -0.1) is 0 Å². The third-order valence-corrected chi connectivity index (χ3v) is 2.82. The zero-order valence-corrected chi connectivity index (χ0v) is 11.0. The van der Waals surface area contributed by atoms with Gasteiger partial charge < -0.3 is 10.4 Å². The second-order valence-electron chi connectivity index (χ2n) is 4.05. The predicted molar refractivity (Wildman–Crippen MR) is 66.9 cm³/mol. The Labute approximate surface area is 103 Å². The maximum atomic E-state index is 11.1. The van der Waals surface area contributed by atoms with Gasteiger partial charge in [-0.1, -0.05) is 13.8 Å². The molecule has 0 saturated heterocycles. The molecule has 0 rings (SSSR count). The van der Waals surface area contributed by atoms with E-state index in [0.29, 0.717) is 13.0 Å². The second-order valence-corrected chi connectivity index (χ2v) is 4.05. The summed E-state index contributed by atoms with van der Waals surface area (Å²) in [7, 11) is 0. The lowest BCUT2D eigenvalue weighted by atomic mass is 10.1. The summed E-state index contributed by atoms with van der Waals surface area (Å²) >= 11 is 0. The lowest BCUT2D eigenvalue weighted by Crippen LogP contribution is -2.41. The molecule has 0 bridgehead atoms. The van der Waals surface area contributed by atoms with E-state index < -0.39 is 12.0 Å². The van der Waals surface area contributed by atoms with Gasteiger partial charge in [-0.05, 0) is 32.4 Å². The van der Waals surface area contributed by atoms with Crippen LogP contribution in [0.2, 0.25) is 0 Å². The number of nitrogens with one attached hydrogen (secondary N) is 1. The van der Waals surface area contributed by atoms with Crippen molar-refractivity contribution in [3.8, 4) is 0 Å². The summed E-state index contributed by atoms with van der Waals surface area (Å²) in [6.07, 6.45) is 2.27. The van der Waals surface area contributed by atoms with Gasteiger partial charge in [-0.25, -0.2) is 0 Å². The van der Waals surface area contributed by atoms with Gasteiger partial charge >= 0.3 is 5.97 Å². The van der Waals surface area contributed by atoms with Gasteiger partial charge in [0.15, 0.2) is 0 Å². The molecule has 5 nitrogen and oxygen atoms in total. The van der Waals surface area contributed by atoms with E-state index >= 15 is 0 Å². The first-order chi connectivity index (χ1) is 8.02. The monoisotopic (exact) mass is 244 g/mol. The van der Waals surface area contributed by atoms with Gasteiger partial charge in [0.1, 0.15) is 6.04 Å². The van der Waals surface area contributed by atoms with Crippen LogP contribution < -0.4 is 5.32 Å². The largest absolute Gasteiger partial charge is 0.480 e. The number of aliphatic carboxylic acids is 1. The SMILES string of the molecule is CCN(CC)C(CCCCNC(C)=O)C(=O)O. The fraction of sp³-hybridized carbons (Fsp3) is 0.833. The highest BCUT2D eigenvalue weighted by atomic mass is 16.4. The molecule has 0 aliphatic heterocycles. The number of unbranched alkanes of at least 4 members (excludes halogenated alkanes) is 1. The first-order valence-corrected chi connectivity index (χ1v) is 6.24. The van der Waals surface area contributed by atoms with Gasteiger partial charge in [0, 0.05) is 13.5 Å². The zero-order valence-electron chi connectivity index (χ0n) is 11.0. The topological polar surface area (TPSA) is 69.6 Å². The lowest BCUT2D eigenvalue weighted by Gasteiger charge is -2.26. The van der Waals surface area contributed by atoms with Gasteiger partial charge in [-0.2, -0.15) is 0 Å². The van der Waals surface area contributed by atoms with Crippen LogP contribution in [-0.2, 0) is 9.59 Å². The molecule has 17 heavy (non-hydrogen) atoms. The Morgan fingerprint density at radius 2 is 1.82 bits per heavy atom. The van der Waals surface area contributed by atoms with Crippen molar-refractivity contribution in [1.82, 2.24) is 10.2 Å². The molecule has 0 aromatic heterocycles. The zero-order chi connectivity index (χ0) is 13.3. The number of amides is 1. The maximum Gasteiger partial charge on any atom is 0.320 e. The number of likely N-dealkylation sites (N-methyl/N-ethyl adjacent to an activating group) is 1. The molecule has 0 aliphatic rings. The minimum absolute atomic E-state index is 0.0384. The van der Waals surface area contributed by atoms with E-state index in [-0.39, 0.29) is 5.91 Å². The summed E-state index contributed by atoms with van der Waals surface area (Å²) < 4.78 is 0. The van der Waals surface area contributed by atoms with Gasteiger partial charge in [0.2, 0.25) is 5.91 Å². The van der Waals surface area contributed by atoms with Crippen LogP contribution >= 0.6 is 0 Å².